The second-order valence-corrected chi connectivity index (χ2v) is 5.91. The van der Waals surface area contributed by atoms with Crippen LogP contribution in [-0.2, 0) is 0 Å². The van der Waals surface area contributed by atoms with Crippen molar-refractivity contribution >= 4 is 17.8 Å². The molecule has 3 aromatic rings. The van der Waals surface area contributed by atoms with Crippen molar-refractivity contribution in [1.29, 1.82) is 0 Å². The van der Waals surface area contributed by atoms with Crippen molar-refractivity contribution in [2.45, 2.75) is 0 Å². The van der Waals surface area contributed by atoms with E-state index in [0.29, 0.717) is 11.3 Å². The van der Waals surface area contributed by atoms with E-state index in [4.69, 9.17) is 10.5 Å². The molecule has 1 aromatic heterocycles. The van der Waals surface area contributed by atoms with Gasteiger partial charge in [-0.05, 0) is 34.9 Å². The molecule has 1 heterocycles. The standard InChI is InChI=1S/C20H16N2O6/c1-28-13-7-5-10(6-8-13)11-3-2-4-12(9-11)14-15(19(24)25)17(21)22-18(23)16(14)20(26)27/h2-9H,1H3,(H,24,25)(H,26,27)(H3,21,22,23). The molecule has 0 aliphatic rings. The summed E-state index contributed by atoms with van der Waals surface area (Å²) >= 11 is 0. The number of aromatic nitrogens is 1. The zero-order valence-electron chi connectivity index (χ0n) is 14.7. The average molecular weight is 380 g/mol. The van der Waals surface area contributed by atoms with Gasteiger partial charge in [0, 0.05) is 5.56 Å². The molecule has 0 radical (unpaired) electrons. The number of carbonyl (C=O) groups is 2. The lowest BCUT2D eigenvalue weighted by molar-refractivity contribution is 0.0695. The molecule has 8 nitrogen and oxygen atoms in total. The van der Waals surface area contributed by atoms with Crippen molar-refractivity contribution in [3.8, 4) is 28.0 Å². The van der Waals surface area contributed by atoms with Gasteiger partial charge in [-0.1, -0.05) is 30.3 Å². The van der Waals surface area contributed by atoms with Gasteiger partial charge < -0.3 is 25.7 Å². The van der Waals surface area contributed by atoms with E-state index in [0.717, 1.165) is 5.56 Å². The molecule has 0 spiro atoms. The molecule has 0 fully saturated rings. The van der Waals surface area contributed by atoms with Crippen molar-refractivity contribution in [2.24, 2.45) is 0 Å². The predicted octanol–water partition coefficient (Wildman–Crippen LogP) is 2.70. The Kier molecular flexibility index (Phi) is 4.86. The summed E-state index contributed by atoms with van der Waals surface area (Å²) in [5.74, 6) is -2.73. The van der Waals surface area contributed by atoms with Gasteiger partial charge in [0.15, 0.2) is 0 Å². The normalized spacial score (nSPS) is 10.5. The number of hydrogen-bond donors (Lipinski definition) is 4. The van der Waals surface area contributed by atoms with Crippen LogP contribution < -0.4 is 16.0 Å². The molecule has 0 atom stereocenters. The number of carboxylic acid groups (broad SMARTS) is 2. The van der Waals surface area contributed by atoms with Crippen LogP contribution in [-0.4, -0.2) is 34.2 Å². The lowest BCUT2D eigenvalue weighted by Gasteiger charge is -2.13. The molecular formula is C20H16N2O6. The Morgan fingerprint density at radius 1 is 0.929 bits per heavy atom. The summed E-state index contributed by atoms with van der Waals surface area (Å²) < 4.78 is 5.13. The number of nitrogen functional groups attached to an aromatic ring is 1. The van der Waals surface area contributed by atoms with Crippen LogP contribution in [0.4, 0.5) is 5.82 Å². The van der Waals surface area contributed by atoms with Gasteiger partial charge in [0.25, 0.3) is 5.56 Å². The second kappa shape index (κ2) is 7.28. The van der Waals surface area contributed by atoms with Gasteiger partial charge in [-0.3, -0.25) is 4.79 Å². The number of nitrogens with two attached hydrogens (primary N) is 1. The minimum absolute atomic E-state index is 0.239. The highest BCUT2D eigenvalue weighted by Gasteiger charge is 2.26. The highest BCUT2D eigenvalue weighted by Crippen LogP contribution is 2.32. The molecule has 0 amide bonds. The fourth-order valence-corrected chi connectivity index (χ4v) is 2.97. The molecule has 142 valence electrons. The monoisotopic (exact) mass is 380 g/mol. The van der Waals surface area contributed by atoms with Crippen LogP contribution in [0.15, 0.2) is 53.3 Å². The first-order valence-electron chi connectivity index (χ1n) is 8.10. The number of benzene rings is 2. The van der Waals surface area contributed by atoms with E-state index < -0.39 is 34.4 Å². The molecule has 0 aliphatic heterocycles. The van der Waals surface area contributed by atoms with Crippen molar-refractivity contribution in [3.63, 3.8) is 0 Å². The average Bonchev–Trinajstić information content (AvgIpc) is 2.66. The van der Waals surface area contributed by atoms with Crippen LogP contribution in [0.3, 0.4) is 0 Å². The Hall–Kier alpha value is -4.07. The van der Waals surface area contributed by atoms with E-state index in [2.05, 4.69) is 4.98 Å². The van der Waals surface area contributed by atoms with Crippen LogP contribution in [0.1, 0.15) is 20.7 Å². The number of ether oxygens (including phenoxy) is 1. The van der Waals surface area contributed by atoms with Gasteiger partial charge in [0.1, 0.15) is 22.7 Å². The summed E-state index contributed by atoms with van der Waals surface area (Å²) in [7, 11) is 1.55. The molecule has 8 heteroatoms. The molecule has 0 saturated heterocycles. The van der Waals surface area contributed by atoms with E-state index in [9.17, 15) is 24.6 Å². The Labute approximate surface area is 158 Å². The number of H-pyrrole nitrogens is 1. The van der Waals surface area contributed by atoms with Crippen LogP contribution in [0, 0.1) is 0 Å². The lowest BCUT2D eigenvalue weighted by atomic mass is 9.93. The third kappa shape index (κ3) is 3.30. The number of hydrogen-bond acceptors (Lipinski definition) is 5. The molecule has 28 heavy (non-hydrogen) atoms. The number of aromatic amines is 1. The molecule has 3 rings (SSSR count). The van der Waals surface area contributed by atoms with E-state index in [1.807, 2.05) is 0 Å². The Morgan fingerprint density at radius 2 is 1.54 bits per heavy atom. The number of nitrogens with one attached hydrogen (secondary N) is 1. The largest absolute Gasteiger partial charge is 0.497 e. The summed E-state index contributed by atoms with van der Waals surface area (Å²) in [6.45, 7) is 0. The highest BCUT2D eigenvalue weighted by molar-refractivity contribution is 6.07. The zero-order valence-corrected chi connectivity index (χ0v) is 14.7. The number of pyridine rings is 1. The van der Waals surface area contributed by atoms with E-state index in [1.165, 1.54) is 6.07 Å². The minimum Gasteiger partial charge on any atom is -0.497 e. The number of carboxylic acids is 2. The maximum atomic E-state index is 12.2. The second-order valence-electron chi connectivity index (χ2n) is 5.91. The summed E-state index contributed by atoms with van der Waals surface area (Å²) in [5, 5.41) is 19.0. The first-order chi connectivity index (χ1) is 13.3. The number of aromatic carboxylic acids is 2. The summed E-state index contributed by atoms with van der Waals surface area (Å²) in [6.07, 6.45) is 0. The van der Waals surface area contributed by atoms with Gasteiger partial charge >= 0.3 is 11.9 Å². The molecule has 0 aliphatic carbocycles. The highest BCUT2D eigenvalue weighted by atomic mass is 16.5. The topological polar surface area (TPSA) is 143 Å². The van der Waals surface area contributed by atoms with Crippen LogP contribution in [0.25, 0.3) is 22.3 Å². The van der Waals surface area contributed by atoms with Gasteiger partial charge in [-0.15, -0.1) is 0 Å². The third-order valence-corrected chi connectivity index (χ3v) is 4.25. The molecule has 2 aromatic carbocycles. The molecule has 0 unspecified atom stereocenters. The molecular weight excluding hydrogens is 364 g/mol. The Bertz CT molecular complexity index is 1130. The maximum absolute atomic E-state index is 12.2. The van der Waals surface area contributed by atoms with Gasteiger partial charge in [0.2, 0.25) is 0 Å². The lowest BCUT2D eigenvalue weighted by Crippen LogP contribution is -2.24. The smallest absolute Gasteiger partial charge is 0.342 e. The Morgan fingerprint density at radius 3 is 2.11 bits per heavy atom. The number of anilines is 1. The molecule has 5 N–H and O–H groups in total. The molecule has 0 bridgehead atoms. The van der Waals surface area contributed by atoms with Gasteiger partial charge in [0.05, 0.1) is 7.11 Å². The fourth-order valence-electron chi connectivity index (χ4n) is 2.97. The van der Waals surface area contributed by atoms with E-state index >= 15 is 0 Å². The number of rotatable bonds is 5. The first kappa shape index (κ1) is 18.7. The SMILES string of the molecule is COc1ccc(-c2cccc(-c3c(C(=O)O)c(N)[nH]c(=O)c3C(=O)O)c2)cc1. The van der Waals surface area contributed by atoms with Crippen LogP contribution in [0.5, 0.6) is 5.75 Å². The number of methoxy groups -OCH3 is 1. The van der Waals surface area contributed by atoms with Crippen LogP contribution >= 0.6 is 0 Å². The molecule has 0 saturated carbocycles. The van der Waals surface area contributed by atoms with Gasteiger partial charge in [-0.2, -0.15) is 0 Å². The van der Waals surface area contributed by atoms with Crippen molar-refractivity contribution < 1.29 is 24.5 Å². The van der Waals surface area contributed by atoms with E-state index in [-0.39, 0.29) is 11.1 Å². The fraction of sp³-hybridized carbons (Fsp3) is 0.0500. The van der Waals surface area contributed by atoms with Crippen molar-refractivity contribution in [1.82, 2.24) is 4.98 Å². The minimum atomic E-state index is -1.55. The summed E-state index contributed by atoms with van der Waals surface area (Å²) in [5.41, 5.74) is 5.06. The predicted molar refractivity (Wildman–Crippen MR) is 103 cm³/mol. The Balaban J connectivity index is 2.28. The summed E-state index contributed by atoms with van der Waals surface area (Å²) in [4.78, 5) is 37.6. The van der Waals surface area contributed by atoms with Gasteiger partial charge in [-0.25, -0.2) is 9.59 Å². The quantitative estimate of drug-likeness (QED) is 0.533. The van der Waals surface area contributed by atoms with Crippen LogP contribution in [0.2, 0.25) is 0 Å². The van der Waals surface area contributed by atoms with E-state index in [1.54, 1.807) is 49.6 Å². The van der Waals surface area contributed by atoms with Crippen molar-refractivity contribution in [2.75, 3.05) is 12.8 Å². The maximum Gasteiger partial charge on any atom is 0.342 e. The summed E-state index contributed by atoms with van der Waals surface area (Å²) in [6, 6.07) is 13.7. The van der Waals surface area contributed by atoms with Crippen molar-refractivity contribution in [3.05, 3.63) is 70.0 Å². The first-order valence-corrected chi connectivity index (χ1v) is 8.10. The third-order valence-electron chi connectivity index (χ3n) is 4.25. The zero-order chi connectivity index (χ0) is 20.4.